The zero-order valence-electron chi connectivity index (χ0n) is 11.2. The average molecular weight is 278 g/mol. The van der Waals surface area contributed by atoms with Crippen molar-refractivity contribution >= 4 is 11.8 Å². The molecule has 1 aromatic carbocycles. The minimum atomic E-state index is -0.507. The number of benzene rings is 1. The fourth-order valence-corrected chi connectivity index (χ4v) is 2.83. The van der Waals surface area contributed by atoms with Gasteiger partial charge in [-0.3, -0.25) is 5.32 Å². The Morgan fingerprint density at radius 3 is 2.79 bits per heavy atom. The van der Waals surface area contributed by atoms with Crippen molar-refractivity contribution in [3.63, 3.8) is 0 Å². The second-order valence-electron chi connectivity index (χ2n) is 4.57. The van der Waals surface area contributed by atoms with E-state index < -0.39 is 5.54 Å². The van der Waals surface area contributed by atoms with E-state index in [1.807, 2.05) is 32.0 Å². The Balaban J connectivity index is 2.02. The van der Waals surface area contributed by atoms with Gasteiger partial charge in [0.05, 0.1) is 6.07 Å². The van der Waals surface area contributed by atoms with Gasteiger partial charge in [0.25, 0.3) is 0 Å². The molecule has 1 aliphatic heterocycles. The van der Waals surface area contributed by atoms with Gasteiger partial charge in [-0.25, -0.2) is 0 Å². The highest BCUT2D eigenvalue weighted by Gasteiger charge is 2.22. The fourth-order valence-electron chi connectivity index (χ4n) is 1.85. The maximum absolute atomic E-state index is 9.22. The normalized spacial score (nSPS) is 16.5. The van der Waals surface area contributed by atoms with Crippen LogP contribution in [0.25, 0.3) is 0 Å². The Hall–Kier alpha value is -1.38. The second-order valence-corrected chi connectivity index (χ2v) is 5.62. The molecule has 0 saturated carbocycles. The predicted octanol–water partition coefficient (Wildman–Crippen LogP) is 2.44. The highest BCUT2D eigenvalue weighted by Crippen LogP contribution is 2.34. The lowest BCUT2D eigenvalue weighted by Gasteiger charge is -2.22. The first kappa shape index (κ1) is 14.0. The Morgan fingerprint density at radius 2 is 2.11 bits per heavy atom. The summed E-state index contributed by atoms with van der Waals surface area (Å²) in [4.78, 5) is 1.09. The van der Waals surface area contributed by atoms with E-state index in [9.17, 15) is 5.26 Å². The molecule has 102 valence electrons. The van der Waals surface area contributed by atoms with E-state index in [2.05, 4.69) is 11.4 Å². The number of rotatable bonds is 5. The second kappa shape index (κ2) is 6.18. The predicted molar refractivity (Wildman–Crippen MR) is 75.9 cm³/mol. The van der Waals surface area contributed by atoms with Gasteiger partial charge in [-0.05, 0) is 31.7 Å². The summed E-state index contributed by atoms with van der Waals surface area (Å²) in [6, 6.07) is 8.23. The molecule has 2 rings (SSSR count). The quantitative estimate of drug-likeness (QED) is 0.838. The lowest BCUT2D eigenvalue weighted by atomic mass is 10.1. The van der Waals surface area contributed by atoms with Gasteiger partial charge in [0.15, 0.2) is 11.5 Å². The third kappa shape index (κ3) is 3.55. The van der Waals surface area contributed by atoms with Gasteiger partial charge in [-0.1, -0.05) is 6.92 Å². The zero-order chi connectivity index (χ0) is 13.7. The van der Waals surface area contributed by atoms with Gasteiger partial charge in [-0.2, -0.15) is 5.26 Å². The smallest absolute Gasteiger partial charge is 0.162 e. The summed E-state index contributed by atoms with van der Waals surface area (Å²) in [5.74, 6) is 2.28. The van der Waals surface area contributed by atoms with Gasteiger partial charge in [0, 0.05) is 10.6 Å². The van der Waals surface area contributed by atoms with Crippen molar-refractivity contribution in [1.29, 1.82) is 5.26 Å². The zero-order valence-corrected chi connectivity index (χ0v) is 12.0. The van der Waals surface area contributed by atoms with Crippen LogP contribution >= 0.6 is 11.8 Å². The molecule has 0 amide bonds. The summed E-state index contributed by atoms with van der Waals surface area (Å²) in [6.45, 7) is 5.90. The van der Waals surface area contributed by atoms with Crippen LogP contribution in [0.15, 0.2) is 23.1 Å². The molecular formula is C14H18N2O2S. The van der Waals surface area contributed by atoms with Crippen molar-refractivity contribution in [2.24, 2.45) is 0 Å². The van der Waals surface area contributed by atoms with Crippen LogP contribution in [-0.4, -0.2) is 31.1 Å². The Labute approximate surface area is 118 Å². The van der Waals surface area contributed by atoms with Gasteiger partial charge in [0.1, 0.15) is 18.8 Å². The molecule has 0 radical (unpaired) electrons. The average Bonchev–Trinajstić information content (AvgIpc) is 2.45. The van der Waals surface area contributed by atoms with Crippen LogP contribution in [0.5, 0.6) is 11.5 Å². The number of hydrogen-bond acceptors (Lipinski definition) is 5. The van der Waals surface area contributed by atoms with Gasteiger partial charge >= 0.3 is 0 Å². The van der Waals surface area contributed by atoms with Crippen molar-refractivity contribution in [2.75, 3.05) is 25.5 Å². The highest BCUT2D eigenvalue weighted by molar-refractivity contribution is 7.99. The van der Waals surface area contributed by atoms with Crippen LogP contribution < -0.4 is 14.8 Å². The summed E-state index contributed by atoms with van der Waals surface area (Å²) >= 11 is 1.64. The van der Waals surface area contributed by atoms with Gasteiger partial charge < -0.3 is 9.47 Å². The molecule has 0 bridgehead atoms. The number of nitrogens with one attached hydrogen (secondary N) is 1. The molecule has 0 aliphatic carbocycles. The third-order valence-electron chi connectivity index (χ3n) is 2.85. The maximum Gasteiger partial charge on any atom is 0.162 e. The molecule has 0 fully saturated rings. The molecule has 1 unspecified atom stereocenters. The third-order valence-corrected chi connectivity index (χ3v) is 4.16. The number of nitriles is 1. The first-order chi connectivity index (χ1) is 9.17. The minimum absolute atomic E-state index is 0.507. The van der Waals surface area contributed by atoms with Gasteiger partial charge in [-0.15, -0.1) is 11.8 Å². The lowest BCUT2D eigenvalue weighted by molar-refractivity contribution is 0.171. The van der Waals surface area contributed by atoms with Crippen molar-refractivity contribution in [3.8, 4) is 17.6 Å². The van der Waals surface area contributed by atoms with Crippen molar-refractivity contribution < 1.29 is 9.47 Å². The molecule has 1 heterocycles. The van der Waals surface area contributed by atoms with Crippen LogP contribution in [0.1, 0.15) is 13.8 Å². The maximum atomic E-state index is 9.22. The first-order valence-corrected chi connectivity index (χ1v) is 7.34. The van der Waals surface area contributed by atoms with E-state index in [1.54, 1.807) is 11.8 Å². The van der Waals surface area contributed by atoms with Crippen molar-refractivity contribution in [2.45, 2.75) is 24.3 Å². The molecule has 0 spiro atoms. The summed E-state index contributed by atoms with van der Waals surface area (Å²) in [6.07, 6.45) is 0. The molecule has 1 atom stereocenters. The van der Waals surface area contributed by atoms with Crippen LogP contribution in [0.4, 0.5) is 0 Å². The number of thioether (sulfide) groups is 1. The summed E-state index contributed by atoms with van der Waals surface area (Å²) < 4.78 is 11.0. The lowest BCUT2D eigenvalue weighted by Crippen LogP contribution is -2.43. The SMILES string of the molecule is CCNC(C)(C#N)CSc1ccc2c(c1)OCCO2. The van der Waals surface area contributed by atoms with E-state index in [4.69, 9.17) is 9.47 Å². The molecule has 5 heteroatoms. The molecule has 0 aromatic heterocycles. The van der Waals surface area contributed by atoms with E-state index >= 15 is 0 Å². The molecule has 19 heavy (non-hydrogen) atoms. The standard InChI is InChI=1S/C14H18N2O2S/c1-3-16-14(2,9-15)10-19-11-4-5-12-13(8-11)18-7-6-17-12/h4-5,8,16H,3,6-7,10H2,1-2H3. The first-order valence-electron chi connectivity index (χ1n) is 6.35. The van der Waals surface area contributed by atoms with Gasteiger partial charge in [0.2, 0.25) is 0 Å². The summed E-state index contributed by atoms with van der Waals surface area (Å²) in [7, 11) is 0. The van der Waals surface area contributed by atoms with E-state index in [-0.39, 0.29) is 0 Å². The van der Waals surface area contributed by atoms with Crippen LogP contribution in [0, 0.1) is 11.3 Å². The number of ether oxygens (including phenoxy) is 2. The number of fused-ring (bicyclic) bond motifs is 1. The van der Waals surface area contributed by atoms with Crippen molar-refractivity contribution in [3.05, 3.63) is 18.2 Å². The molecule has 0 saturated heterocycles. The molecule has 4 nitrogen and oxygen atoms in total. The number of hydrogen-bond donors (Lipinski definition) is 1. The fraction of sp³-hybridized carbons (Fsp3) is 0.500. The Morgan fingerprint density at radius 1 is 1.37 bits per heavy atom. The van der Waals surface area contributed by atoms with E-state index in [1.165, 1.54) is 0 Å². The Kier molecular flexibility index (Phi) is 4.56. The van der Waals surface area contributed by atoms with Crippen LogP contribution in [-0.2, 0) is 0 Å². The topological polar surface area (TPSA) is 54.3 Å². The number of nitrogens with zero attached hydrogens (tertiary/aromatic N) is 1. The largest absolute Gasteiger partial charge is 0.486 e. The van der Waals surface area contributed by atoms with Crippen LogP contribution in [0.3, 0.4) is 0 Å². The van der Waals surface area contributed by atoms with Crippen molar-refractivity contribution in [1.82, 2.24) is 5.32 Å². The molecule has 1 aromatic rings. The Bertz CT molecular complexity index is 487. The monoisotopic (exact) mass is 278 g/mol. The van der Waals surface area contributed by atoms with E-state index in [0.717, 1.165) is 22.9 Å². The van der Waals surface area contributed by atoms with E-state index in [0.29, 0.717) is 19.0 Å². The van der Waals surface area contributed by atoms with Crippen LogP contribution in [0.2, 0.25) is 0 Å². The minimum Gasteiger partial charge on any atom is -0.486 e. The summed E-state index contributed by atoms with van der Waals surface area (Å²) in [5.41, 5.74) is -0.507. The molecule has 1 aliphatic rings. The molecule has 1 N–H and O–H groups in total. The highest BCUT2D eigenvalue weighted by atomic mass is 32.2. The summed E-state index contributed by atoms with van der Waals surface area (Å²) in [5, 5.41) is 12.4. The molecular weight excluding hydrogens is 260 g/mol.